The van der Waals surface area contributed by atoms with Crippen LogP contribution in [0.15, 0.2) is 30.3 Å². The first-order valence-electron chi connectivity index (χ1n) is 6.02. The minimum Gasteiger partial charge on any atom is -0.459 e. The average molecular weight is 258 g/mol. The van der Waals surface area contributed by atoms with E-state index in [0.29, 0.717) is 6.54 Å². The number of carbonyl (C=O) groups excluding carboxylic acids is 2. The lowest BCUT2D eigenvalue weighted by Gasteiger charge is -2.22. The van der Waals surface area contributed by atoms with Crippen LogP contribution in [0.25, 0.3) is 0 Å². The zero-order valence-electron chi connectivity index (χ0n) is 10.6. The van der Waals surface area contributed by atoms with Gasteiger partial charge in [-0.1, -0.05) is 30.3 Å². The third kappa shape index (κ3) is 2.91. The van der Waals surface area contributed by atoms with Crippen molar-refractivity contribution in [2.75, 3.05) is 0 Å². The third-order valence-corrected chi connectivity index (χ3v) is 3.03. The Morgan fingerprint density at radius 3 is 2.74 bits per heavy atom. The third-order valence-electron chi connectivity index (χ3n) is 3.03. The highest BCUT2D eigenvalue weighted by Gasteiger charge is 2.41. The molecule has 1 aromatic carbocycles. The lowest BCUT2D eigenvalue weighted by molar-refractivity contribution is -0.146. The van der Waals surface area contributed by atoms with Gasteiger partial charge in [0.05, 0.1) is 12.5 Å². The molecular weight excluding hydrogens is 244 g/mol. The average Bonchev–Trinajstić information content (AvgIpc) is 2.66. The Morgan fingerprint density at radius 1 is 1.47 bits per heavy atom. The summed E-state index contributed by atoms with van der Waals surface area (Å²) in [7, 11) is 0. The number of carbonyl (C=O) groups is 2. The largest absolute Gasteiger partial charge is 0.459 e. The van der Waals surface area contributed by atoms with Crippen LogP contribution in [-0.4, -0.2) is 28.9 Å². The van der Waals surface area contributed by atoms with E-state index in [-0.39, 0.29) is 12.3 Å². The quantitative estimate of drug-likeness (QED) is 0.765. The number of nitriles is 1. The number of benzene rings is 1. The maximum Gasteiger partial charge on any atom is 0.303 e. The second-order valence-electron chi connectivity index (χ2n) is 4.43. The minimum absolute atomic E-state index is 0.0740. The number of likely N-dealkylation sites (tertiary alicyclic amines) is 1. The van der Waals surface area contributed by atoms with Crippen molar-refractivity contribution in [1.29, 1.82) is 5.26 Å². The van der Waals surface area contributed by atoms with Gasteiger partial charge in [0, 0.05) is 13.5 Å². The summed E-state index contributed by atoms with van der Waals surface area (Å²) >= 11 is 0. The molecule has 0 saturated carbocycles. The predicted octanol–water partition coefficient (Wildman–Crippen LogP) is 1.24. The lowest BCUT2D eigenvalue weighted by Crippen LogP contribution is -2.36. The van der Waals surface area contributed by atoms with Gasteiger partial charge < -0.3 is 9.64 Å². The standard InChI is InChI=1S/C14H14N2O3/c1-10(17)19-13-7-14(18)16(12(13)8-15)9-11-5-3-2-4-6-11/h2-6,12-13H,7,9H2,1H3/t12-,13-/m0/s1. The maximum absolute atomic E-state index is 11.9. The molecule has 1 saturated heterocycles. The van der Waals surface area contributed by atoms with Crippen molar-refractivity contribution in [2.45, 2.75) is 32.0 Å². The van der Waals surface area contributed by atoms with Gasteiger partial charge in [-0.25, -0.2) is 0 Å². The molecule has 1 aliphatic rings. The van der Waals surface area contributed by atoms with Crippen LogP contribution in [0.5, 0.6) is 0 Å². The zero-order valence-corrected chi connectivity index (χ0v) is 10.6. The molecule has 0 unspecified atom stereocenters. The summed E-state index contributed by atoms with van der Waals surface area (Å²) < 4.78 is 5.03. The smallest absolute Gasteiger partial charge is 0.303 e. The molecule has 2 rings (SSSR count). The molecule has 0 radical (unpaired) electrons. The van der Waals surface area contributed by atoms with Gasteiger partial charge >= 0.3 is 5.97 Å². The van der Waals surface area contributed by atoms with E-state index >= 15 is 0 Å². The number of nitrogens with zero attached hydrogens (tertiary/aromatic N) is 2. The monoisotopic (exact) mass is 258 g/mol. The van der Waals surface area contributed by atoms with Gasteiger partial charge in [0.1, 0.15) is 6.10 Å². The van der Waals surface area contributed by atoms with E-state index in [9.17, 15) is 14.9 Å². The molecule has 1 aromatic rings. The number of hydrogen-bond donors (Lipinski definition) is 0. The number of ether oxygens (including phenoxy) is 1. The van der Waals surface area contributed by atoms with Crippen LogP contribution in [0, 0.1) is 11.3 Å². The Morgan fingerprint density at radius 2 is 2.16 bits per heavy atom. The molecule has 0 N–H and O–H groups in total. The maximum atomic E-state index is 11.9. The van der Waals surface area contributed by atoms with Crippen LogP contribution in [0.1, 0.15) is 18.9 Å². The molecule has 5 heteroatoms. The van der Waals surface area contributed by atoms with Crippen LogP contribution in [-0.2, 0) is 20.9 Å². The minimum atomic E-state index is -0.711. The van der Waals surface area contributed by atoms with Crippen LogP contribution in [0.3, 0.4) is 0 Å². The molecule has 98 valence electrons. The number of amides is 1. The van der Waals surface area contributed by atoms with Crippen LogP contribution in [0.4, 0.5) is 0 Å². The molecule has 1 aliphatic heterocycles. The summed E-state index contributed by atoms with van der Waals surface area (Å²) in [5.74, 6) is -0.638. The normalized spacial score (nSPS) is 22.1. The van der Waals surface area contributed by atoms with Crippen molar-refractivity contribution in [3.05, 3.63) is 35.9 Å². The van der Waals surface area contributed by atoms with Crippen LogP contribution >= 0.6 is 0 Å². The summed E-state index contributed by atoms with van der Waals surface area (Å²) in [4.78, 5) is 24.4. The topological polar surface area (TPSA) is 70.4 Å². The first-order chi connectivity index (χ1) is 9.11. The second kappa shape index (κ2) is 5.53. The highest BCUT2D eigenvalue weighted by atomic mass is 16.5. The van der Waals surface area contributed by atoms with Crippen molar-refractivity contribution in [2.24, 2.45) is 0 Å². The predicted molar refractivity (Wildman–Crippen MR) is 66.6 cm³/mol. The number of hydrogen-bond acceptors (Lipinski definition) is 4. The van der Waals surface area contributed by atoms with E-state index in [2.05, 4.69) is 0 Å². The Labute approximate surface area is 111 Å². The second-order valence-corrected chi connectivity index (χ2v) is 4.43. The molecule has 19 heavy (non-hydrogen) atoms. The highest BCUT2D eigenvalue weighted by molar-refractivity contribution is 5.81. The summed E-state index contributed by atoms with van der Waals surface area (Å²) in [5.41, 5.74) is 0.944. The van der Waals surface area contributed by atoms with Gasteiger partial charge in [-0.05, 0) is 5.56 Å². The van der Waals surface area contributed by atoms with E-state index in [1.807, 2.05) is 36.4 Å². The Hall–Kier alpha value is -2.35. The molecule has 0 spiro atoms. The fourth-order valence-electron chi connectivity index (χ4n) is 2.20. The molecule has 5 nitrogen and oxygen atoms in total. The van der Waals surface area contributed by atoms with Gasteiger partial charge in [-0.2, -0.15) is 5.26 Å². The van der Waals surface area contributed by atoms with Gasteiger partial charge in [0.15, 0.2) is 6.04 Å². The zero-order chi connectivity index (χ0) is 13.8. The van der Waals surface area contributed by atoms with Crippen LogP contribution in [0.2, 0.25) is 0 Å². The molecule has 1 heterocycles. The van der Waals surface area contributed by atoms with E-state index in [4.69, 9.17) is 4.74 Å². The van der Waals surface area contributed by atoms with Gasteiger partial charge in [0.2, 0.25) is 5.91 Å². The fraction of sp³-hybridized carbons (Fsp3) is 0.357. The first kappa shape index (κ1) is 13.1. The Bertz CT molecular complexity index is 521. The lowest BCUT2D eigenvalue weighted by atomic mass is 10.1. The van der Waals surface area contributed by atoms with Gasteiger partial charge in [0.25, 0.3) is 0 Å². The van der Waals surface area contributed by atoms with E-state index in [1.165, 1.54) is 11.8 Å². The number of rotatable bonds is 3. The Kier molecular flexibility index (Phi) is 3.81. The number of esters is 1. The van der Waals surface area contributed by atoms with Crippen molar-refractivity contribution >= 4 is 11.9 Å². The van der Waals surface area contributed by atoms with Crippen molar-refractivity contribution < 1.29 is 14.3 Å². The van der Waals surface area contributed by atoms with Crippen molar-refractivity contribution in [3.63, 3.8) is 0 Å². The SMILES string of the molecule is CC(=O)O[C@H]1CC(=O)N(Cc2ccccc2)[C@H]1C#N. The molecular formula is C14H14N2O3. The van der Waals surface area contributed by atoms with Gasteiger partial charge in [-0.15, -0.1) is 0 Å². The summed E-state index contributed by atoms with van der Waals surface area (Å²) in [6.07, 6.45) is -0.594. The molecule has 0 aromatic heterocycles. The Balaban J connectivity index is 2.14. The fourth-order valence-corrected chi connectivity index (χ4v) is 2.20. The summed E-state index contributed by atoms with van der Waals surface area (Å²) in [5, 5.41) is 9.18. The van der Waals surface area contributed by atoms with E-state index < -0.39 is 18.1 Å². The summed E-state index contributed by atoms with van der Waals surface area (Å²) in [6.45, 7) is 1.63. The molecule has 1 fully saturated rings. The molecule has 2 atom stereocenters. The first-order valence-corrected chi connectivity index (χ1v) is 6.02. The summed E-state index contributed by atoms with van der Waals surface area (Å²) in [6, 6.07) is 10.8. The molecule has 1 amide bonds. The van der Waals surface area contributed by atoms with Crippen molar-refractivity contribution in [3.8, 4) is 6.07 Å². The molecule has 0 bridgehead atoms. The van der Waals surface area contributed by atoms with Crippen LogP contribution < -0.4 is 0 Å². The van der Waals surface area contributed by atoms with Crippen molar-refractivity contribution in [1.82, 2.24) is 4.90 Å². The highest BCUT2D eigenvalue weighted by Crippen LogP contribution is 2.24. The van der Waals surface area contributed by atoms with E-state index in [1.54, 1.807) is 0 Å². The molecule has 0 aliphatic carbocycles. The van der Waals surface area contributed by atoms with E-state index in [0.717, 1.165) is 5.56 Å². The van der Waals surface area contributed by atoms with Gasteiger partial charge in [-0.3, -0.25) is 9.59 Å².